The number of aryl methyl sites for hydroxylation is 1. The van der Waals surface area contributed by atoms with Crippen molar-refractivity contribution in [3.63, 3.8) is 0 Å². The van der Waals surface area contributed by atoms with Crippen molar-refractivity contribution in [3.8, 4) is 0 Å². The molecule has 3 heteroatoms. The first-order valence-corrected chi connectivity index (χ1v) is 7.60. The number of rotatable bonds is 9. The molecule has 1 aromatic rings. The molecule has 1 aromatic carbocycles. The molecule has 0 aliphatic rings. The molecule has 0 radical (unpaired) electrons. The summed E-state index contributed by atoms with van der Waals surface area (Å²) >= 11 is 0. The fourth-order valence-corrected chi connectivity index (χ4v) is 2.55. The molecular weight excluding hydrogens is 246 g/mol. The predicted molar refractivity (Wildman–Crippen MR) is 88.3 cm³/mol. The van der Waals surface area contributed by atoms with Gasteiger partial charge in [0.05, 0.1) is 0 Å². The van der Waals surface area contributed by atoms with Gasteiger partial charge in [-0.05, 0) is 78.7 Å². The molecule has 3 nitrogen and oxygen atoms in total. The molecule has 114 valence electrons. The average molecular weight is 277 g/mol. The van der Waals surface area contributed by atoms with E-state index in [1.807, 2.05) is 0 Å². The van der Waals surface area contributed by atoms with E-state index in [9.17, 15) is 0 Å². The second kappa shape index (κ2) is 9.11. The molecule has 0 saturated carbocycles. The van der Waals surface area contributed by atoms with E-state index >= 15 is 0 Å². The van der Waals surface area contributed by atoms with Gasteiger partial charge in [-0.1, -0.05) is 24.3 Å². The van der Waals surface area contributed by atoms with Gasteiger partial charge in [0, 0.05) is 6.04 Å². The van der Waals surface area contributed by atoms with Crippen LogP contribution >= 0.6 is 0 Å². The van der Waals surface area contributed by atoms with E-state index in [2.05, 4.69) is 74.5 Å². The standard InChI is InChI=1S/C17H31N3/c1-15-9-6-7-10-16(15)17(18-2)11-14-20(5)13-8-12-19(3)4/h6-7,9-10,17-18H,8,11-14H2,1-5H3. The minimum atomic E-state index is 0.451. The molecule has 0 aromatic heterocycles. The van der Waals surface area contributed by atoms with Crippen LogP contribution in [0.3, 0.4) is 0 Å². The van der Waals surface area contributed by atoms with Gasteiger partial charge < -0.3 is 15.1 Å². The summed E-state index contributed by atoms with van der Waals surface area (Å²) in [5.41, 5.74) is 2.80. The van der Waals surface area contributed by atoms with Crippen molar-refractivity contribution in [2.75, 3.05) is 47.8 Å². The third-order valence-electron chi connectivity index (χ3n) is 3.86. The second-order valence-electron chi connectivity index (χ2n) is 5.95. The van der Waals surface area contributed by atoms with Crippen molar-refractivity contribution >= 4 is 0 Å². The van der Waals surface area contributed by atoms with Crippen LogP contribution in [-0.2, 0) is 0 Å². The Morgan fingerprint density at radius 1 is 1.05 bits per heavy atom. The number of benzene rings is 1. The highest BCUT2D eigenvalue weighted by Crippen LogP contribution is 2.20. The number of nitrogens with one attached hydrogen (secondary N) is 1. The van der Waals surface area contributed by atoms with E-state index in [-0.39, 0.29) is 0 Å². The van der Waals surface area contributed by atoms with Gasteiger partial charge in [-0.2, -0.15) is 0 Å². The summed E-state index contributed by atoms with van der Waals surface area (Å²) in [6.45, 7) is 5.66. The van der Waals surface area contributed by atoms with Gasteiger partial charge in [0.2, 0.25) is 0 Å². The SMILES string of the molecule is CNC(CCN(C)CCCN(C)C)c1ccccc1C. The smallest absolute Gasteiger partial charge is 0.0332 e. The molecule has 0 amide bonds. The van der Waals surface area contributed by atoms with Crippen molar-refractivity contribution in [3.05, 3.63) is 35.4 Å². The largest absolute Gasteiger partial charge is 0.313 e. The van der Waals surface area contributed by atoms with Crippen LogP contribution in [0.5, 0.6) is 0 Å². The van der Waals surface area contributed by atoms with E-state index in [1.54, 1.807) is 0 Å². The summed E-state index contributed by atoms with van der Waals surface area (Å²) < 4.78 is 0. The Kier molecular flexibility index (Phi) is 7.82. The molecule has 0 aliphatic heterocycles. The van der Waals surface area contributed by atoms with Gasteiger partial charge in [0.1, 0.15) is 0 Å². The quantitative estimate of drug-likeness (QED) is 0.748. The molecule has 1 N–H and O–H groups in total. The molecule has 0 heterocycles. The normalized spacial score (nSPS) is 13.2. The highest BCUT2D eigenvalue weighted by molar-refractivity contribution is 5.28. The Hall–Kier alpha value is -0.900. The second-order valence-corrected chi connectivity index (χ2v) is 5.95. The third-order valence-corrected chi connectivity index (χ3v) is 3.86. The molecule has 0 saturated heterocycles. The topological polar surface area (TPSA) is 18.5 Å². The van der Waals surface area contributed by atoms with Gasteiger partial charge in [0.25, 0.3) is 0 Å². The predicted octanol–water partition coefficient (Wildman–Crippen LogP) is 2.53. The lowest BCUT2D eigenvalue weighted by atomic mass is 9.99. The van der Waals surface area contributed by atoms with E-state index in [4.69, 9.17) is 0 Å². The molecule has 1 rings (SSSR count). The van der Waals surface area contributed by atoms with Crippen LogP contribution in [0.4, 0.5) is 0 Å². The molecular formula is C17H31N3. The summed E-state index contributed by atoms with van der Waals surface area (Å²) in [5, 5.41) is 3.45. The van der Waals surface area contributed by atoms with Crippen LogP contribution in [0.2, 0.25) is 0 Å². The van der Waals surface area contributed by atoms with Gasteiger partial charge >= 0.3 is 0 Å². The van der Waals surface area contributed by atoms with Crippen LogP contribution in [0, 0.1) is 6.92 Å². The van der Waals surface area contributed by atoms with Crippen LogP contribution < -0.4 is 5.32 Å². The summed E-state index contributed by atoms with van der Waals surface area (Å²) in [5.74, 6) is 0. The number of hydrogen-bond donors (Lipinski definition) is 1. The average Bonchev–Trinajstić information content (AvgIpc) is 2.41. The van der Waals surface area contributed by atoms with Crippen molar-refractivity contribution in [1.82, 2.24) is 15.1 Å². The summed E-state index contributed by atoms with van der Waals surface area (Å²) in [6, 6.07) is 9.13. The zero-order chi connectivity index (χ0) is 15.0. The molecule has 0 spiro atoms. The summed E-state index contributed by atoms with van der Waals surface area (Å²) in [7, 11) is 8.55. The van der Waals surface area contributed by atoms with Crippen molar-refractivity contribution < 1.29 is 0 Å². The first kappa shape index (κ1) is 17.2. The van der Waals surface area contributed by atoms with E-state index < -0.39 is 0 Å². The number of hydrogen-bond acceptors (Lipinski definition) is 3. The van der Waals surface area contributed by atoms with Crippen LogP contribution in [0.15, 0.2) is 24.3 Å². The number of nitrogens with zero attached hydrogens (tertiary/aromatic N) is 2. The molecule has 0 aliphatic carbocycles. The molecule has 20 heavy (non-hydrogen) atoms. The Labute approximate surface area is 125 Å². The van der Waals surface area contributed by atoms with Gasteiger partial charge in [-0.25, -0.2) is 0 Å². The van der Waals surface area contributed by atoms with E-state index in [0.717, 1.165) is 19.5 Å². The zero-order valence-corrected chi connectivity index (χ0v) is 13.8. The highest BCUT2D eigenvalue weighted by atomic mass is 15.1. The zero-order valence-electron chi connectivity index (χ0n) is 13.8. The first-order valence-electron chi connectivity index (χ1n) is 7.60. The Morgan fingerprint density at radius 3 is 2.35 bits per heavy atom. The van der Waals surface area contributed by atoms with Gasteiger partial charge in [0.15, 0.2) is 0 Å². The minimum Gasteiger partial charge on any atom is -0.313 e. The van der Waals surface area contributed by atoms with Crippen molar-refractivity contribution in [1.29, 1.82) is 0 Å². The molecule has 0 fully saturated rings. The summed E-state index contributed by atoms with van der Waals surface area (Å²) in [6.07, 6.45) is 2.39. The Bertz CT molecular complexity index is 376. The molecule has 0 bridgehead atoms. The van der Waals surface area contributed by atoms with Gasteiger partial charge in [-0.15, -0.1) is 0 Å². The van der Waals surface area contributed by atoms with Gasteiger partial charge in [-0.3, -0.25) is 0 Å². The third kappa shape index (κ3) is 6.04. The van der Waals surface area contributed by atoms with E-state index in [0.29, 0.717) is 6.04 Å². The van der Waals surface area contributed by atoms with Crippen molar-refractivity contribution in [2.45, 2.75) is 25.8 Å². The van der Waals surface area contributed by atoms with E-state index in [1.165, 1.54) is 24.1 Å². The first-order chi connectivity index (χ1) is 9.54. The maximum atomic E-state index is 3.45. The van der Waals surface area contributed by atoms with Crippen molar-refractivity contribution in [2.24, 2.45) is 0 Å². The maximum Gasteiger partial charge on any atom is 0.0332 e. The molecule has 1 unspecified atom stereocenters. The maximum absolute atomic E-state index is 3.45. The summed E-state index contributed by atoms with van der Waals surface area (Å²) in [4.78, 5) is 4.68. The lowest BCUT2D eigenvalue weighted by Crippen LogP contribution is -2.28. The molecule has 1 atom stereocenters. The van der Waals surface area contributed by atoms with Crippen LogP contribution in [-0.4, -0.2) is 57.6 Å². The monoisotopic (exact) mass is 277 g/mol. The Morgan fingerprint density at radius 2 is 1.75 bits per heavy atom. The highest BCUT2D eigenvalue weighted by Gasteiger charge is 2.12. The fourth-order valence-electron chi connectivity index (χ4n) is 2.55. The lowest BCUT2D eigenvalue weighted by molar-refractivity contribution is 0.286. The Balaban J connectivity index is 2.40. The van der Waals surface area contributed by atoms with Crippen LogP contribution in [0.25, 0.3) is 0 Å². The minimum absolute atomic E-state index is 0.451. The van der Waals surface area contributed by atoms with Crippen LogP contribution in [0.1, 0.15) is 30.0 Å². The lowest BCUT2D eigenvalue weighted by Gasteiger charge is -2.23. The fraction of sp³-hybridized carbons (Fsp3) is 0.647.